The summed E-state index contributed by atoms with van der Waals surface area (Å²) in [6, 6.07) is 14.7. The molecule has 1 saturated heterocycles. The van der Waals surface area contributed by atoms with Crippen LogP contribution < -0.4 is 5.32 Å². The molecule has 1 unspecified atom stereocenters. The van der Waals surface area contributed by atoms with Crippen LogP contribution in [0.2, 0.25) is 0 Å². The summed E-state index contributed by atoms with van der Waals surface area (Å²) < 4.78 is 27.8. The van der Waals surface area contributed by atoms with Crippen molar-refractivity contribution < 1.29 is 13.2 Å². The molecule has 0 spiro atoms. The van der Waals surface area contributed by atoms with E-state index in [-0.39, 0.29) is 11.9 Å². The molecule has 6 nitrogen and oxygen atoms in total. The second kappa shape index (κ2) is 8.78. The van der Waals surface area contributed by atoms with Crippen molar-refractivity contribution in [3.63, 3.8) is 0 Å². The SMILES string of the molecule is CN(Cc1ccccc1)C(=O)C1Cc2cc(S(=O)(=O)N3CCCCCC3)ccc2N1. The van der Waals surface area contributed by atoms with Crippen LogP contribution in [0.5, 0.6) is 0 Å². The second-order valence-electron chi connectivity index (χ2n) is 8.22. The van der Waals surface area contributed by atoms with Crippen molar-refractivity contribution >= 4 is 21.6 Å². The average Bonchev–Trinajstić information content (AvgIpc) is 2.97. The highest BCUT2D eigenvalue weighted by Crippen LogP contribution is 2.31. The molecular formula is C23H29N3O3S. The van der Waals surface area contributed by atoms with Crippen LogP contribution in [-0.4, -0.2) is 49.7 Å². The molecule has 30 heavy (non-hydrogen) atoms. The van der Waals surface area contributed by atoms with Gasteiger partial charge in [-0.05, 0) is 42.2 Å². The number of carbonyl (C=O) groups excluding carboxylic acids is 1. The van der Waals surface area contributed by atoms with Gasteiger partial charge in [0.15, 0.2) is 0 Å². The minimum absolute atomic E-state index is 0.00646. The van der Waals surface area contributed by atoms with Gasteiger partial charge in [0.05, 0.1) is 4.90 Å². The molecule has 160 valence electrons. The minimum Gasteiger partial charge on any atom is -0.373 e. The Bertz CT molecular complexity index is 1000. The van der Waals surface area contributed by atoms with Gasteiger partial charge in [-0.25, -0.2) is 8.42 Å². The third-order valence-electron chi connectivity index (χ3n) is 5.97. The molecule has 0 saturated carbocycles. The summed E-state index contributed by atoms with van der Waals surface area (Å²) in [5, 5.41) is 3.27. The molecule has 2 aliphatic rings. The fourth-order valence-electron chi connectivity index (χ4n) is 4.28. The summed E-state index contributed by atoms with van der Waals surface area (Å²) in [5.41, 5.74) is 2.81. The minimum atomic E-state index is -3.49. The van der Waals surface area contributed by atoms with Gasteiger partial charge in [0, 0.05) is 38.8 Å². The normalized spacial score (nSPS) is 19.6. The zero-order valence-corrected chi connectivity index (χ0v) is 18.2. The van der Waals surface area contributed by atoms with Crippen LogP contribution in [0.4, 0.5) is 5.69 Å². The molecule has 1 N–H and O–H groups in total. The van der Waals surface area contributed by atoms with Crippen molar-refractivity contribution in [1.29, 1.82) is 0 Å². The number of sulfonamides is 1. The van der Waals surface area contributed by atoms with Crippen molar-refractivity contribution in [2.45, 2.75) is 49.6 Å². The standard InChI is InChI=1S/C23H29N3O3S/c1-25(17-18-9-5-4-6-10-18)23(27)22-16-19-15-20(11-12-21(19)24-22)30(28,29)26-13-7-2-3-8-14-26/h4-6,9-12,15,22,24H,2-3,7-8,13-14,16-17H2,1H3. The fourth-order valence-corrected chi connectivity index (χ4v) is 5.85. The summed E-state index contributed by atoms with van der Waals surface area (Å²) in [5.74, 6) is 0.00646. The van der Waals surface area contributed by atoms with Crippen LogP contribution in [0.15, 0.2) is 53.4 Å². The first-order valence-electron chi connectivity index (χ1n) is 10.6. The number of nitrogens with zero attached hydrogens (tertiary/aromatic N) is 2. The monoisotopic (exact) mass is 427 g/mol. The van der Waals surface area contributed by atoms with Crippen LogP contribution in [0.25, 0.3) is 0 Å². The van der Waals surface area contributed by atoms with Crippen molar-refractivity contribution in [1.82, 2.24) is 9.21 Å². The quantitative estimate of drug-likeness (QED) is 0.795. The molecule has 4 rings (SSSR count). The molecule has 2 aromatic rings. The number of benzene rings is 2. The maximum Gasteiger partial charge on any atom is 0.245 e. The summed E-state index contributed by atoms with van der Waals surface area (Å²) in [7, 11) is -1.69. The molecule has 1 amide bonds. The van der Waals surface area contributed by atoms with E-state index in [9.17, 15) is 13.2 Å². The lowest BCUT2D eigenvalue weighted by molar-refractivity contribution is -0.131. The van der Waals surface area contributed by atoms with E-state index in [1.165, 1.54) is 0 Å². The van der Waals surface area contributed by atoms with Gasteiger partial charge in [-0.15, -0.1) is 0 Å². The molecule has 0 bridgehead atoms. The molecule has 1 fully saturated rings. The van der Waals surface area contributed by atoms with Gasteiger partial charge < -0.3 is 10.2 Å². The highest BCUT2D eigenvalue weighted by Gasteiger charge is 2.31. The predicted octanol–water partition coefficient (Wildman–Crippen LogP) is 3.25. The number of likely N-dealkylation sites (N-methyl/N-ethyl adjacent to an activating group) is 1. The van der Waals surface area contributed by atoms with E-state index in [4.69, 9.17) is 0 Å². The molecule has 7 heteroatoms. The highest BCUT2D eigenvalue weighted by atomic mass is 32.2. The van der Waals surface area contributed by atoms with Crippen molar-refractivity contribution in [2.24, 2.45) is 0 Å². The van der Waals surface area contributed by atoms with Gasteiger partial charge in [-0.1, -0.05) is 43.2 Å². The molecule has 2 aromatic carbocycles. The van der Waals surface area contributed by atoms with Gasteiger partial charge in [-0.3, -0.25) is 4.79 Å². The van der Waals surface area contributed by atoms with Gasteiger partial charge in [0.2, 0.25) is 15.9 Å². The maximum absolute atomic E-state index is 13.1. The van der Waals surface area contributed by atoms with E-state index in [2.05, 4.69) is 5.32 Å². The van der Waals surface area contributed by atoms with Crippen molar-refractivity contribution in [3.05, 3.63) is 59.7 Å². The second-order valence-corrected chi connectivity index (χ2v) is 10.2. The van der Waals surface area contributed by atoms with Gasteiger partial charge >= 0.3 is 0 Å². The van der Waals surface area contributed by atoms with E-state index in [0.29, 0.717) is 31.0 Å². The number of anilines is 1. The summed E-state index contributed by atoms with van der Waals surface area (Å²) >= 11 is 0. The molecule has 2 aliphatic heterocycles. The third kappa shape index (κ3) is 4.37. The van der Waals surface area contributed by atoms with Gasteiger partial charge in [0.25, 0.3) is 0 Å². The summed E-state index contributed by atoms with van der Waals surface area (Å²) in [4.78, 5) is 15.0. The Labute approximate surface area is 178 Å². The molecular weight excluding hydrogens is 398 g/mol. The Hall–Kier alpha value is -2.38. The van der Waals surface area contributed by atoms with E-state index in [1.54, 1.807) is 34.5 Å². The zero-order chi connectivity index (χ0) is 21.1. The van der Waals surface area contributed by atoms with Crippen LogP contribution in [0, 0.1) is 0 Å². The molecule has 1 atom stereocenters. The molecule has 2 heterocycles. The van der Waals surface area contributed by atoms with E-state index >= 15 is 0 Å². The smallest absolute Gasteiger partial charge is 0.245 e. The number of rotatable bonds is 5. The summed E-state index contributed by atoms with van der Waals surface area (Å²) in [6.07, 6.45) is 4.49. The number of amides is 1. The van der Waals surface area contributed by atoms with Gasteiger partial charge in [0.1, 0.15) is 6.04 Å². The topological polar surface area (TPSA) is 69.7 Å². The zero-order valence-electron chi connectivity index (χ0n) is 17.4. The first kappa shape index (κ1) is 20.9. The van der Waals surface area contributed by atoms with Crippen LogP contribution in [0.1, 0.15) is 36.8 Å². The first-order chi connectivity index (χ1) is 14.4. The van der Waals surface area contributed by atoms with E-state index in [0.717, 1.165) is 42.5 Å². The molecule has 0 aromatic heterocycles. The first-order valence-corrected chi connectivity index (χ1v) is 12.1. The fraction of sp³-hybridized carbons (Fsp3) is 0.435. The molecule has 0 aliphatic carbocycles. The lowest BCUT2D eigenvalue weighted by atomic mass is 10.1. The third-order valence-corrected chi connectivity index (χ3v) is 7.86. The van der Waals surface area contributed by atoms with Crippen LogP contribution in [-0.2, 0) is 27.8 Å². The number of fused-ring (bicyclic) bond motifs is 1. The average molecular weight is 428 g/mol. The number of hydrogen-bond acceptors (Lipinski definition) is 4. The summed E-state index contributed by atoms with van der Waals surface area (Å²) in [6.45, 7) is 1.72. The lowest BCUT2D eigenvalue weighted by Crippen LogP contribution is -2.39. The van der Waals surface area contributed by atoms with E-state index in [1.807, 2.05) is 30.3 Å². The number of hydrogen-bond donors (Lipinski definition) is 1. The number of nitrogens with one attached hydrogen (secondary N) is 1. The Morgan fingerprint density at radius 2 is 1.77 bits per heavy atom. The Morgan fingerprint density at radius 1 is 1.07 bits per heavy atom. The Balaban J connectivity index is 1.46. The van der Waals surface area contributed by atoms with Gasteiger partial charge in [-0.2, -0.15) is 4.31 Å². The van der Waals surface area contributed by atoms with Crippen molar-refractivity contribution in [2.75, 3.05) is 25.5 Å². The molecule has 0 radical (unpaired) electrons. The maximum atomic E-state index is 13.1. The predicted molar refractivity (Wildman–Crippen MR) is 118 cm³/mol. The van der Waals surface area contributed by atoms with Crippen LogP contribution in [0.3, 0.4) is 0 Å². The van der Waals surface area contributed by atoms with Crippen molar-refractivity contribution in [3.8, 4) is 0 Å². The Kier molecular flexibility index (Phi) is 6.11. The lowest BCUT2D eigenvalue weighted by Gasteiger charge is -2.21. The van der Waals surface area contributed by atoms with Crippen LogP contribution >= 0.6 is 0 Å². The van der Waals surface area contributed by atoms with E-state index < -0.39 is 10.0 Å². The number of carbonyl (C=O) groups is 1. The Morgan fingerprint density at radius 3 is 2.47 bits per heavy atom. The largest absolute Gasteiger partial charge is 0.373 e. The highest BCUT2D eigenvalue weighted by molar-refractivity contribution is 7.89.